The molecular formula is C8H7F2NO2. The molecule has 0 spiro atoms. The highest BCUT2D eigenvalue weighted by atomic mass is 19.2. The average molecular weight is 187 g/mol. The maximum absolute atomic E-state index is 12.6. The second-order valence-corrected chi connectivity index (χ2v) is 2.44. The van der Waals surface area contributed by atoms with Crippen LogP contribution in [0.1, 0.15) is 0 Å². The molecule has 0 aliphatic rings. The fourth-order valence-electron chi connectivity index (χ4n) is 0.804. The molecule has 0 saturated carbocycles. The number of carbonyl (C=O) groups is 1. The molecule has 1 N–H and O–H groups in total. The molecule has 0 bridgehead atoms. The van der Waals surface area contributed by atoms with Crippen molar-refractivity contribution in [3.8, 4) is 0 Å². The van der Waals surface area contributed by atoms with E-state index in [2.05, 4.69) is 0 Å². The van der Waals surface area contributed by atoms with Crippen molar-refractivity contribution in [3.63, 3.8) is 0 Å². The van der Waals surface area contributed by atoms with Crippen molar-refractivity contribution in [2.45, 2.75) is 0 Å². The van der Waals surface area contributed by atoms with Crippen LogP contribution in [0.15, 0.2) is 18.2 Å². The predicted octanol–water partition coefficient (Wildman–Crippen LogP) is 2.08. The topological polar surface area (TPSA) is 40.5 Å². The van der Waals surface area contributed by atoms with Crippen LogP contribution in [0.2, 0.25) is 0 Å². The van der Waals surface area contributed by atoms with E-state index >= 15 is 0 Å². The Hall–Kier alpha value is -1.65. The van der Waals surface area contributed by atoms with Crippen LogP contribution in [0.25, 0.3) is 0 Å². The van der Waals surface area contributed by atoms with E-state index in [1.54, 1.807) is 0 Å². The Bertz CT molecular complexity index is 341. The minimum Gasteiger partial charge on any atom is -0.465 e. The number of rotatable bonds is 1. The predicted molar refractivity (Wildman–Crippen MR) is 42.8 cm³/mol. The molecule has 1 aromatic carbocycles. The third kappa shape index (κ3) is 1.93. The zero-order valence-electron chi connectivity index (χ0n) is 6.79. The highest BCUT2D eigenvalue weighted by Crippen LogP contribution is 2.16. The summed E-state index contributed by atoms with van der Waals surface area (Å²) in [7, 11) is 1.25. The molecule has 0 fully saturated rings. The van der Waals surface area contributed by atoms with Crippen LogP contribution < -0.4 is 4.90 Å². The monoisotopic (exact) mass is 187 g/mol. The summed E-state index contributed by atoms with van der Waals surface area (Å²) in [6.45, 7) is 0. The highest BCUT2D eigenvalue weighted by Gasteiger charge is 2.10. The quantitative estimate of drug-likeness (QED) is 0.731. The van der Waals surface area contributed by atoms with Gasteiger partial charge in [-0.1, -0.05) is 0 Å². The second-order valence-electron chi connectivity index (χ2n) is 2.44. The lowest BCUT2D eigenvalue weighted by molar-refractivity contribution is 0.203. The van der Waals surface area contributed by atoms with Gasteiger partial charge in [0.2, 0.25) is 0 Å². The lowest BCUT2D eigenvalue weighted by Crippen LogP contribution is -2.23. The number of amides is 1. The smallest absolute Gasteiger partial charge is 0.411 e. The lowest BCUT2D eigenvalue weighted by atomic mass is 10.3. The standard InChI is InChI=1S/C8H7F2NO2/c1-11(8(12)13)5-2-3-6(9)7(10)4-5/h2-4H,1H3,(H,12,13). The minimum absolute atomic E-state index is 0.0893. The molecule has 0 unspecified atom stereocenters. The average Bonchev–Trinajstić information content (AvgIpc) is 2.08. The Balaban J connectivity index is 3.03. The largest absolute Gasteiger partial charge is 0.465 e. The summed E-state index contributed by atoms with van der Waals surface area (Å²) in [6, 6.07) is 2.89. The summed E-state index contributed by atoms with van der Waals surface area (Å²) >= 11 is 0. The van der Waals surface area contributed by atoms with E-state index in [0.717, 1.165) is 17.0 Å². The molecule has 5 heteroatoms. The Morgan fingerprint density at radius 2 is 2.00 bits per heavy atom. The first-order chi connectivity index (χ1) is 6.02. The number of halogens is 2. The molecule has 1 aromatic rings. The van der Waals surface area contributed by atoms with E-state index < -0.39 is 17.7 Å². The third-order valence-corrected chi connectivity index (χ3v) is 1.58. The van der Waals surface area contributed by atoms with E-state index in [-0.39, 0.29) is 5.69 Å². The number of benzene rings is 1. The molecule has 70 valence electrons. The summed E-state index contributed by atoms with van der Waals surface area (Å²) < 4.78 is 25.0. The Kier molecular flexibility index (Phi) is 2.46. The van der Waals surface area contributed by atoms with E-state index in [1.165, 1.54) is 13.1 Å². The van der Waals surface area contributed by atoms with Crippen molar-refractivity contribution in [3.05, 3.63) is 29.8 Å². The van der Waals surface area contributed by atoms with Crippen molar-refractivity contribution in [1.29, 1.82) is 0 Å². The number of nitrogens with zero attached hydrogens (tertiary/aromatic N) is 1. The van der Waals surface area contributed by atoms with E-state index in [4.69, 9.17) is 5.11 Å². The van der Waals surface area contributed by atoms with Gasteiger partial charge >= 0.3 is 6.09 Å². The van der Waals surface area contributed by atoms with Gasteiger partial charge in [0.1, 0.15) is 0 Å². The minimum atomic E-state index is -1.23. The molecule has 0 radical (unpaired) electrons. The SMILES string of the molecule is CN(C(=O)O)c1ccc(F)c(F)c1. The number of carboxylic acid groups (broad SMARTS) is 1. The Morgan fingerprint density at radius 3 is 2.46 bits per heavy atom. The van der Waals surface area contributed by atoms with Gasteiger partial charge in [-0.05, 0) is 12.1 Å². The fourth-order valence-corrected chi connectivity index (χ4v) is 0.804. The van der Waals surface area contributed by atoms with Crippen molar-refractivity contribution < 1.29 is 18.7 Å². The molecular weight excluding hydrogens is 180 g/mol. The summed E-state index contributed by atoms with van der Waals surface area (Å²) in [5.74, 6) is -2.06. The number of hydrogen-bond acceptors (Lipinski definition) is 1. The maximum atomic E-state index is 12.6. The van der Waals surface area contributed by atoms with Gasteiger partial charge in [-0.3, -0.25) is 4.90 Å². The van der Waals surface area contributed by atoms with Crippen LogP contribution in [0.5, 0.6) is 0 Å². The normalized spacial score (nSPS) is 9.77. The number of anilines is 1. The summed E-state index contributed by atoms with van der Waals surface area (Å²) in [6.07, 6.45) is -1.23. The van der Waals surface area contributed by atoms with Crippen LogP contribution in [0.3, 0.4) is 0 Å². The van der Waals surface area contributed by atoms with E-state index in [9.17, 15) is 13.6 Å². The van der Waals surface area contributed by atoms with Crippen molar-refractivity contribution in [2.75, 3.05) is 11.9 Å². The molecule has 0 atom stereocenters. The van der Waals surface area contributed by atoms with Crippen LogP contribution in [0.4, 0.5) is 19.3 Å². The zero-order valence-corrected chi connectivity index (χ0v) is 6.79. The van der Waals surface area contributed by atoms with Gasteiger partial charge in [0.25, 0.3) is 0 Å². The van der Waals surface area contributed by atoms with Gasteiger partial charge < -0.3 is 5.11 Å². The van der Waals surface area contributed by atoms with Gasteiger partial charge in [-0.2, -0.15) is 0 Å². The summed E-state index contributed by atoms with van der Waals surface area (Å²) in [5, 5.41) is 8.51. The van der Waals surface area contributed by atoms with Crippen molar-refractivity contribution >= 4 is 11.8 Å². The van der Waals surface area contributed by atoms with Gasteiger partial charge in [0.15, 0.2) is 11.6 Å². The van der Waals surface area contributed by atoms with Gasteiger partial charge in [-0.25, -0.2) is 13.6 Å². The molecule has 13 heavy (non-hydrogen) atoms. The highest BCUT2D eigenvalue weighted by molar-refractivity contribution is 5.85. The van der Waals surface area contributed by atoms with E-state index in [1.807, 2.05) is 0 Å². The van der Waals surface area contributed by atoms with Crippen LogP contribution >= 0.6 is 0 Å². The maximum Gasteiger partial charge on any atom is 0.411 e. The molecule has 0 aromatic heterocycles. The molecule has 1 amide bonds. The van der Waals surface area contributed by atoms with Crippen LogP contribution in [-0.4, -0.2) is 18.2 Å². The first-order valence-corrected chi connectivity index (χ1v) is 3.44. The van der Waals surface area contributed by atoms with Crippen LogP contribution in [-0.2, 0) is 0 Å². The van der Waals surface area contributed by atoms with Gasteiger partial charge in [-0.15, -0.1) is 0 Å². The molecule has 0 heterocycles. The lowest BCUT2D eigenvalue weighted by Gasteiger charge is -2.12. The Labute approximate surface area is 73.2 Å². The fraction of sp³-hybridized carbons (Fsp3) is 0.125. The second kappa shape index (κ2) is 3.38. The van der Waals surface area contributed by atoms with Gasteiger partial charge in [0.05, 0.1) is 0 Å². The Morgan fingerprint density at radius 1 is 1.38 bits per heavy atom. The third-order valence-electron chi connectivity index (χ3n) is 1.58. The summed E-state index contributed by atoms with van der Waals surface area (Å²) in [5.41, 5.74) is 0.0893. The summed E-state index contributed by atoms with van der Waals surface area (Å²) in [4.78, 5) is 11.2. The van der Waals surface area contributed by atoms with Crippen molar-refractivity contribution in [1.82, 2.24) is 0 Å². The molecule has 0 aliphatic carbocycles. The van der Waals surface area contributed by atoms with E-state index in [0.29, 0.717) is 0 Å². The first-order valence-electron chi connectivity index (χ1n) is 3.44. The molecule has 0 aliphatic heterocycles. The molecule has 3 nitrogen and oxygen atoms in total. The van der Waals surface area contributed by atoms with Crippen molar-refractivity contribution in [2.24, 2.45) is 0 Å². The zero-order chi connectivity index (χ0) is 10.0. The van der Waals surface area contributed by atoms with Crippen LogP contribution in [0, 0.1) is 11.6 Å². The first kappa shape index (κ1) is 9.44. The van der Waals surface area contributed by atoms with Gasteiger partial charge in [0, 0.05) is 18.8 Å². The number of hydrogen-bond donors (Lipinski definition) is 1. The molecule has 1 rings (SSSR count). The molecule has 0 saturated heterocycles.